The second-order valence-corrected chi connectivity index (χ2v) is 7.66. The Balaban J connectivity index is 1.62. The number of nitrogens with zero attached hydrogens (tertiary/aromatic N) is 5. The van der Waals surface area contributed by atoms with Gasteiger partial charge >= 0.3 is 0 Å². The van der Waals surface area contributed by atoms with Crippen LogP contribution in [0.15, 0.2) is 30.9 Å². The van der Waals surface area contributed by atoms with Gasteiger partial charge in [0.2, 0.25) is 5.95 Å². The molecule has 1 N–H and O–H groups in total. The van der Waals surface area contributed by atoms with E-state index in [0.717, 1.165) is 18.8 Å². The molecule has 2 aromatic heterocycles. The third kappa shape index (κ3) is 4.71. The molecule has 0 amide bonds. The number of anilines is 2. The van der Waals surface area contributed by atoms with Crippen molar-refractivity contribution in [2.75, 3.05) is 25.0 Å². The maximum Gasteiger partial charge on any atom is 0.228 e. The quantitative estimate of drug-likeness (QED) is 0.930. The van der Waals surface area contributed by atoms with E-state index in [9.17, 15) is 0 Å². The Labute approximate surface area is 143 Å². The first-order valence-electron chi connectivity index (χ1n) is 8.58. The van der Waals surface area contributed by atoms with Gasteiger partial charge in [0, 0.05) is 31.4 Å². The zero-order valence-corrected chi connectivity index (χ0v) is 14.7. The van der Waals surface area contributed by atoms with Crippen LogP contribution in [0.4, 0.5) is 11.8 Å². The van der Waals surface area contributed by atoms with Crippen LogP contribution in [0, 0.1) is 5.41 Å². The molecule has 3 heterocycles. The Morgan fingerprint density at radius 2 is 1.92 bits per heavy atom. The fraction of sp³-hybridized carbons (Fsp3) is 0.556. The fourth-order valence-corrected chi connectivity index (χ4v) is 3.20. The average Bonchev–Trinajstić information content (AvgIpc) is 2.55. The fourth-order valence-electron chi connectivity index (χ4n) is 3.20. The van der Waals surface area contributed by atoms with E-state index in [1.54, 1.807) is 24.7 Å². The molecule has 1 aliphatic heterocycles. The standard InChI is InChI=1S/C18H26N6/c1-18(2,3)13-24-9-4-6-14(12-24)15-10-22-16(11-21-15)23-17-19-7-5-8-20-17/h5,7-8,10-11,14H,4,6,9,12-13H2,1-3H3,(H,19,20,22,23)/t14-/m0/s1. The van der Waals surface area contributed by atoms with Crippen molar-refractivity contribution in [3.05, 3.63) is 36.5 Å². The highest BCUT2D eigenvalue weighted by Crippen LogP contribution is 2.27. The zero-order valence-electron chi connectivity index (χ0n) is 14.7. The maximum atomic E-state index is 4.62. The van der Waals surface area contributed by atoms with Gasteiger partial charge in [0.1, 0.15) is 0 Å². The summed E-state index contributed by atoms with van der Waals surface area (Å²) in [4.78, 5) is 19.9. The summed E-state index contributed by atoms with van der Waals surface area (Å²) in [6.07, 6.45) is 9.46. The third-order valence-electron chi connectivity index (χ3n) is 4.10. The highest BCUT2D eigenvalue weighted by Gasteiger charge is 2.25. The molecule has 1 atom stereocenters. The van der Waals surface area contributed by atoms with Crippen LogP contribution in [-0.2, 0) is 0 Å². The molecule has 0 unspecified atom stereocenters. The van der Waals surface area contributed by atoms with Crippen LogP contribution in [0.2, 0.25) is 0 Å². The molecule has 0 aliphatic carbocycles. The highest BCUT2D eigenvalue weighted by atomic mass is 15.1. The van der Waals surface area contributed by atoms with Gasteiger partial charge in [0.05, 0.1) is 18.1 Å². The topological polar surface area (TPSA) is 66.8 Å². The van der Waals surface area contributed by atoms with Gasteiger partial charge in [-0.1, -0.05) is 20.8 Å². The maximum absolute atomic E-state index is 4.62. The predicted molar refractivity (Wildman–Crippen MR) is 95.2 cm³/mol. The lowest BCUT2D eigenvalue weighted by atomic mass is 9.91. The summed E-state index contributed by atoms with van der Waals surface area (Å²) >= 11 is 0. The number of piperidine rings is 1. The van der Waals surface area contributed by atoms with Crippen molar-refractivity contribution in [1.82, 2.24) is 24.8 Å². The van der Waals surface area contributed by atoms with Crippen LogP contribution in [0.1, 0.15) is 45.2 Å². The summed E-state index contributed by atoms with van der Waals surface area (Å²) in [5.74, 6) is 1.68. The molecule has 1 aliphatic rings. The average molecular weight is 326 g/mol. The van der Waals surface area contributed by atoms with E-state index in [1.807, 2.05) is 6.20 Å². The van der Waals surface area contributed by atoms with Crippen molar-refractivity contribution in [3.8, 4) is 0 Å². The minimum Gasteiger partial charge on any atom is -0.307 e. The molecule has 6 nitrogen and oxygen atoms in total. The van der Waals surface area contributed by atoms with E-state index in [0.29, 0.717) is 23.1 Å². The Bertz CT molecular complexity index is 635. The molecule has 0 spiro atoms. The molecule has 0 bridgehead atoms. The van der Waals surface area contributed by atoms with Crippen LogP contribution in [0.25, 0.3) is 0 Å². The van der Waals surface area contributed by atoms with E-state index < -0.39 is 0 Å². The van der Waals surface area contributed by atoms with E-state index in [-0.39, 0.29) is 0 Å². The molecule has 0 aromatic carbocycles. The highest BCUT2D eigenvalue weighted by molar-refractivity contribution is 5.45. The number of likely N-dealkylation sites (tertiary alicyclic amines) is 1. The minimum absolute atomic E-state index is 0.330. The van der Waals surface area contributed by atoms with Gasteiger partial charge in [-0.25, -0.2) is 15.0 Å². The Morgan fingerprint density at radius 1 is 1.12 bits per heavy atom. The van der Waals surface area contributed by atoms with Crippen LogP contribution in [0.5, 0.6) is 0 Å². The first kappa shape index (κ1) is 16.8. The Morgan fingerprint density at radius 3 is 2.58 bits per heavy atom. The largest absolute Gasteiger partial charge is 0.307 e. The van der Waals surface area contributed by atoms with Crippen molar-refractivity contribution in [2.24, 2.45) is 5.41 Å². The molecule has 24 heavy (non-hydrogen) atoms. The molecule has 2 aromatic rings. The molecular weight excluding hydrogens is 300 g/mol. The summed E-state index contributed by atoms with van der Waals surface area (Å²) < 4.78 is 0. The second-order valence-electron chi connectivity index (χ2n) is 7.66. The van der Waals surface area contributed by atoms with E-state index in [2.05, 4.69) is 50.9 Å². The van der Waals surface area contributed by atoms with Crippen molar-refractivity contribution in [2.45, 2.75) is 39.5 Å². The first-order valence-corrected chi connectivity index (χ1v) is 8.58. The van der Waals surface area contributed by atoms with Gasteiger partial charge in [-0.3, -0.25) is 4.98 Å². The number of aromatic nitrogens is 4. The van der Waals surface area contributed by atoms with Gasteiger partial charge in [-0.15, -0.1) is 0 Å². The van der Waals surface area contributed by atoms with Crippen LogP contribution >= 0.6 is 0 Å². The summed E-state index contributed by atoms with van der Waals surface area (Å²) in [6.45, 7) is 10.3. The molecule has 0 saturated carbocycles. The minimum atomic E-state index is 0.330. The van der Waals surface area contributed by atoms with Gasteiger partial charge < -0.3 is 10.2 Å². The second kappa shape index (κ2) is 7.21. The van der Waals surface area contributed by atoms with E-state index in [4.69, 9.17) is 0 Å². The molecule has 6 heteroatoms. The lowest BCUT2D eigenvalue weighted by molar-refractivity contribution is 0.149. The van der Waals surface area contributed by atoms with Gasteiger partial charge in [0.25, 0.3) is 0 Å². The van der Waals surface area contributed by atoms with Crippen molar-refractivity contribution in [1.29, 1.82) is 0 Å². The van der Waals surface area contributed by atoms with Gasteiger partial charge in [-0.2, -0.15) is 0 Å². The summed E-state index contributed by atoms with van der Waals surface area (Å²) in [7, 11) is 0. The van der Waals surface area contributed by atoms with Crippen molar-refractivity contribution >= 4 is 11.8 Å². The third-order valence-corrected chi connectivity index (χ3v) is 4.10. The van der Waals surface area contributed by atoms with Crippen LogP contribution in [0.3, 0.4) is 0 Å². The van der Waals surface area contributed by atoms with Crippen LogP contribution < -0.4 is 5.32 Å². The van der Waals surface area contributed by atoms with E-state index >= 15 is 0 Å². The van der Waals surface area contributed by atoms with Crippen molar-refractivity contribution in [3.63, 3.8) is 0 Å². The molecule has 1 saturated heterocycles. The number of nitrogens with one attached hydrogen (secondary N) is 1. The molecule has 1 fully saturated rings. The lowest BCUT2D eigenvalue weighted by Crippen LogP contribution is -2.39. The summed E-state index contributed by atoms with van der Waals surface area (Å²) in [5.41, 5.74) is 1.41. The molecule has 128 valence electrons. The molecule has 3 rings (SSSR count). The Hall–Kier alpha value is -2.08. The Kier molecular flexibility index (Phi) is 5.04. The SMILES string of the molecule is CC(C)(C)CN1CCC[C@H](c2cnc(Nc3ncccn3)cn2)C1. The smallest absolute Gasteiger partial charge is 0.228 e. The summed E-state index contributed by atoms with van der Waals surface area (Å²) in [6, 6.07) is 1.78. The predicted octanol–water partition coefficient (Wildman–Crippen LogP) is 3.24. The normalized spacial score (nSPS) is 19.2. The van der Waals surface area contributed by atoms with Gasteiger partial charge in [0.15, 0.2) is 5.82 Å². The number of rotatable bonds is 4. The van der Waals surface area contributed by atoms with Crippen LogP contribution in [-0.4, -0.2) is 44.5 Å². The van der Waals surface area contributed by atoms with E-state index in [1.165, 1.54) is 19.4 Å². The zero-order chi connectivity index (χ0) is 17.0. The molecule has 0 radical (unpaired) electrons. The monoisotopic (exact) mass is 326 g/mol. The van der Waals surface area contributed by atoms with Crippen molar-refractivity contribution < 1.29 is 0 Å². The lowest BCUT2D eigenvalue weighted by Gasteiger charge is -2.36. The van der Waals surface area contributed by atoms with Gasteiger partial charge in [-0.05, 0) is 30.9 Å². The first-order chi connectivity index (χ1) is 11.5. The molecular formula is C18H26N6. The summed E-state index contributed by atoms with van der Waals surface area (Å²) in [5, 5.41) is 3.07. The number of hydrogen-bond acceptors (Lipinski definition) is 6. The number of hydrogen-bond donors (Lipinski definition) is 1.